The summed E-state index contributed by atoms with van der Waals surface area (Å²) in [6.07, 6.45) is 1.44. The Bertz CT molecular complexity index is 632. The SMILES string of the molecule is Cc1nc2ccc(Br)cn2c1C(=O)N1CC(O)C1. The Labute approximate surface area is 112 Å². The molecule has 18 heavy (non-hydrogen) atoms. The molecule has 1 aliphatic rings. The van der Waals surface area contributed by atoms with E-state index < -0.39 is 0 Å². The summed E-state index contributed by atoms with van der Waals surface area (Å²) in [5.74, 6) is -0.0802. The maximum atomic E-state index is 12.3. The van der Waals surface area contributed by atoms with Crippen molar-refractivity contribution in [3.63, 3.8) is 0 Å². The number of carbonyl (C=O) groups excluding carboxylic acids is 1. The van der Waals surface area contributed by atoms with Gasteiger partial charge in [-0.25, -0.2) is 4.98 Å². The minimum atomic E-state index is -0.389. The lowest BCUT2D eigenvalue weighted by molar-refractivity contribution is 0.00537. The van der Waals surface area contributed by atoms with Crippen LogP contribution < -0.4 is 0 Å². The highest BCUT2D eigenvalue weighted by Crippen LogP contribution is 2.20. The molecule has 0 spiro atoms. The monoisotopic (exact) mass is 309 g/mol. The number of aliphatic hydroxyl groups excluding tert-OH is 1. The van der Waals surface area contributed by atoms with Gasteiger partial charge in [0.15, 0.2) is 0 Å². The third kappa shape index (κ3) is 1.72. The van der Waals surface area contributed by atoms with E-state index in [0.29, 0.717) is 24.5 Å². The second-order valence-electron chi connectivity index (χ2n) is 4.49. The van der Waals surface area contributed by atoms with Crippen molar-refractivity contribution < 1.29 is 9.90 Å². The summed E-state index contributed by atoms with van der Waals surface area (Å²) in [5.41, 5.74) is 2.03. The Morgan fingerprint density at radius 1 is 1.50 bits per heavy atom. The molecule has 1 amide bonds. The fourth-order valence-corrected chi connectivity index (χ4v) is 2.50. The summed E-state index contributed by atoms with van der Waals surface area (Å²) in [6, 6.07) is 3.75. The minimum absolute atomic E-state index is 0.0802. The molecule has 1 N–H and O–H groups in total. The number of pyridine rings is 1. The van der Waals surface area contributed by atoms with Gasteiger partial charge in [0.05, 0.1) is 11.8 Å². The van der Waals surface area contributed by atoms with Gasteiger partial charge in [-0.1, -0.05) is 0 Å². The fraction of sp³-hybridized carbons (Fsp3) is 0.333. The second kappa shape index (κ2) is 4.07. The maximum Gasteiger partial charge on any atom is 0.272 e. The van der Waals surface area contributed by atoms with Gasteiger partial charge in [-0.15, -0.1) is 0 Å². The van der Waals surface area contributed by atoms with E-state index in [1.807, 2.05) is 25.3 Å². The number of likely N-dealkylation sites (tertiary alicyclic amines) is 1. The molecule has 0 aliphatic carbocycles. The molecular weight excluding hydrogens is 298 g/mol. The van der Waals surface area contributed by atoms with Crippen LogP contribution in [-0.2, 0) is 0 Å². The Morgan fingerprint density at radius 3 is 2.89 bits per heavy atom. The first kappa shape index (κ1) is 11.7. The molecule has 6 heteroatoms. The summed E-state index contributed by atoms with van der Waals surface area (Å²) < 4.78 is 2.68. The summed E-state index contributed by atoms with van der Waals surface area (Å²) in [7, 11) is 0. The first-order valence-electron chi connectivity index (χ1n) is 5.68. The molecule has 3 heterocycles. The van der Waals surface area contributed by atoms with Crippen molar-refractivity contribution in [3.05, 3.63) is 34.2 Å². The number of nitrogens with zero attached hydrogens (tertiary/aromatic N) is 3. The standard InChI is InChI=1S/C12H12BrN3O2/c1-7-11(12(18)15-5-9(17)6-15)16-4-8(13)2-3-10(16)14-7/h2-4,9,17H,5-6H2,1H3. The topological polar surface area (TPSA) is 57.8 Å². The van der Waals surface area contributed by atoms with Gasteiger partial charge in [-0.05, 0) is 35.0 Å². The fourth-order valence-electron chi connectivity index (χ4n) is 2.16. The third-order valence-corrected chi connectivity index (χ3v) is 3.58. The molecule has 0 bridgehead atoms. The number of aliphatic hydroxyl groups is 1. The van der Waals surface area contributed by atoms with E-state index in [0.717, 1.165) is 10.1 Å². The Kier molecular flexibility index (Phi) is 2.64. The normalized spacial score (nSPS) is 16.1. The summed E-state index contributed by atoms with van der Waals surface area (Å²) >= 11 is 3.39. The van der Waals surface area contributed by atoms with Crippen molar-refractivity contribution in [1.29, 1.82) is 0 Å². The predicted octanol–water partition coefficient (Wildman–Crippen LogP) is 1.22. The van der Waals surface area contributed by atoms with Gasteiger partial charge in [-0.3, -0.25) is 9.20 Å². The zero-order valence-corrected chi connectivity index (χ0v) is 11.4. The van der Waals surface area contributed by atoms with E-state index in [-0.39, 0.29) is 12.0 Å². The maximum absolute atomic E-state index is 12.3. The molecule has 5 nitrogen and oxygen atoms in total. The number of imidazole rings is 1. The summed E-state index contributed by atoms with van der Waals surface area (Å²) in [6.45, 7) is 2.63. The molecule has 0 unspecified atom stereocenters. The van der Waals surface area contributed by atoms with Crippen molar-refractivity contribution in [3.8, 4) is 0 Å². The molecule has 3 rings (SSSR count). The first-order valence-corrected chi connectivity index (χ1v) is 6.47. The van der Waals surface area contributed by atoms with Crippen LogP contribution in [0.3, 0.4) is 0 Å². The highest BCUT2D eigenvalue weighted by molar-refractivity contribution is 9.10. The summed E-state index contributed by atoms with van der Waals surface area (Å²) in [4.78, 5) is 18.3. The zero-order valence-electron chi connectivity index (χ0n) is 9.80. The molecule has 1 aliphatic heterocycles. The van der Waals surface area contributed by atoms with Crippen molar-refractivity contribution >= 4 is 27.5 Å². The van der Waals surface area contributed by atoms with Gasteiger partial charge in [0.2, 0.25) is 0 Å². The smallest absolute Gasteiger partial charge is 0.272 e. The number of halogens is 1. The molecule has 0 saturated carbocycles. The van der Waals surface area contributed by atoms with E-state index in [1.54, 1.807) is 9.30 Å². The largest absolute Gasteiger partial charge is 0.389 e. The second-order valence-corrected chi connectivity index (χ2v) is 5.40. The van der Waals surface area contributed by atoms with Gasteiger partial charge in [0.1, 0.15) is 11.3 Å². The predicted molar refractivity (Wildman–Crippen MR) is 69.5 cm³/mol. The van der Waals surface area contributed by atoms with Gasteiger partial charge in [-0.2, -0.15) is 0 Å². The molecule has 2 aromatic heterocycles. The first-order chi connectivity index (χ1) is 8.56. The highest BCUT2D eigenvalue weighted by Gasteiger charge is 2.32. The van der Waals surface area contributed by atoms with Crippen molar-refractivity contribution in [2.75, 3.05) is 13.1 Å². The number of β-amino-alcohol motifs (C(OH)–C–C–N with tert-alkyl or cyclic N) is 1. The number of aromatic nitrogens is 2. The van der Waals surface area contributed by atoms with Crippen LogP contribution >= 0.6 is 15.9 Å². The average Bonchev–Trinajstić information content (AvgIpc) is 2.59. The molecular formula is C12H12BrN3O2. The number of hydrogen-bond donors (Lipinski definition) is 1. The van der Waals surface area contributed by atoms with E-state index in [2.05, 4.69) is 20.9 Å². The van der Waals surface area contributed by atoms with Crippen molar-refractivity contribution in [2.24, 2.45) is 0 Å². The lowest BCUT2D eigenvalue weighted by Gasteiger charge is -2.35. The molecule has 94 valence electrons. The van der Waals surface area contributed by atoms with Crippen LogP contribution in [0.5, 0.6) is 0 Å². The van der Waals surface area contributed by atoms with Crippen LogP contribution in [0, 0.1) is 6.92 Å². The van der Waals surface area contributed by atoms with Crippen molar-refractivity contribution in [2.45, 2.75) is 13.0 Å². The lowest BCUT2D eigenvalue weighted by atomic mass is 10.1. The Hall–Kier alpha value is -1.40. The van der Waals surface area contributed by atoms with E-state index >= 15 is 0 Å². The van der Waals surface area contributed by atoms with E-state index in [9.17, 15) is 9.90 Å². The van der Waals surface area contributed by atoms with Gasteiger partial charge in [0, 0.05) is 23.8 Å². The number of amides is 1. The van der Waals surface area contributed by atoms with Crippen LogP contribution in [0.15, 0.2) is 22.8 Å². The van der Waals surface area contributed by atoms with E-state index in [4.69, 9.17) is 0 Å². The van der Waals surface area contributed by atoms with Crippen molar-refractivity contribution in [1.82, 2.24) is 14.3 Å². The molecule has 0 aromatic carbocycles. The van der Waals surface area contributed by atoms with E-state index in [1.165, 1.54) is 0 Å². The minimum Gasteiger partial charge on any atom is -0.389 e. The molecule has 2 aromatic rings. The van der Waals surface area contributed by atoms with Crippen LogP contribution in [0.4, 0.5) is 0 Å². The van der Waals surface area contributed by atoms with Crippen LogP contribution in [0.25, 0.3) is 5.65 Å². The molecule has 0 radical (unpaired) electrons. The Morgan fingerprint density at radius 2 is 2.22 bits per heavy atom. The number of rotatable bonds is 1. The number of hydrogen-bond acceptors (Lipinski definition) is 3. The van der Waals surface area contributed by atoms with Gasteiger partial charge in [0.25, 0.3) is 5.91 Å². The van der Waals surface area contributed by atoms with Crippen LogP contribution in [0.2, 0.25) is 0 Å². The molecule has 0 atom stereocenters. The summed E-state index contributed by atoms with van der Waals surface area (Å²) in [5, 5.41) is 9.27. The van der Waals surface area contributed by atoms with Crippen LogP contribution in [-0.4, -0.2) is 44.5 Å². The number of fused-ring (bicyclic) bond motifs is 1. The zero-order chi connectivity index (χ0) is 12.9. The van der Waals surface area contributed by atoms with Gasteiger partial charge >= 0.3 is 0 Å². The van der Waals surface area contributed by atoms with Crippen LogP contribution in [0.1, 0.15) is 16.2 Å². The lowest BCUT2D eigenvalue weighted by Crippen LogP contribution is -2.53. The Balaban J connectivity index is 2.07. The number of carbonyl (C=O) groups is 1. The molecule has 1 saturated heterocycles. The highest BCUT2D eigenvalue weighted by atomic mass is 79.9. The average molecular weight is 310 g/mol. The van der Waals surface area contributed by atoms with Gasteiger partial charge < -0.3 is 10.0 Å². The number of aryl methyl sites for hydroxylation is 1. The third-order valence-electron chi connectivity index (χ3n) is 3.11. The quantitative estimate of drug-likeness (QED) is 0.862. The molecule has 1 fully saturated rings.